The molecule has 0 atom stereocenters. The van der Waals surface area contributed by atoms with Crippen LogP contribution in [0.5, 0.6) is 0 Å². The molecule has 3 aromatic rings. The van der Waals surface area contributed by atoms with Crippen LogP contribution in [0.15, 0.2) is 64.2 Å². The molecule has 0 aliphatic carbocycles. The summed E-state index contributed by atoms with van der Waals surface area (Å²) in [5.74, 6) is 0.165. The number of thioether (sulfide) groups is 1. The van der Waals surface area contributed by atoms with Crippen molar-refractivity contribution in [2.45, 2.75) is 11.8 Å². The number of carbonyl (C=O) groups is 1. The first-order valence-electron chi connectivity index (χ1n) is 7.64. The van der Waals surface area contributed by atoms with Crippen LogP contribution in [-0.2, 0) is 11.3 Å². The average Bonchev–Trinajstić information content (AvgIpc) is 3.14. The van der Waals surface area contributed by atoms with Gasteiger partial charge in [0.25, 0.3) is 10.9 Å². The van der Waals surface area contributed by atoms with Crippen molar-refractivity contribution >= 4 is 23.4 Å². The molecule has 1 N–H and O–H groups in total. The van der Waals surface area contributed by atoms with Crippen molar-refractivity contribution in [3.63, 3.8) is 0 Å². The first-order chi connectivity index (χ1) is 12.6. The molecule has 2 aromatic carbocycles. The molecule has 8 nitrogen and oxygen atoms in total. The molecular weight excluding hydrogens is 356 g/mol. The number of rotatable bonds is 7. The zero-order valence-electron chi connectivity index (χ0n) is 13.5. The molecule has 0 unspecified atom stereocenters. The molecule has 0 spiro atoms. The number of amides is 1. The Bertz CT molecular complexity index is 914. The topological polar surface area (TPSA) is 111 Å². The number of nitrogens with one attached hydrogen (secondary N) is 1. The summed E-state index contributed by atoms with van der Waals surface area (Å²) < 4.78 is 5.50. The fourth-order valence-electron chi connectivity index (χ4n) is 2.18. The minimum Gasteiger partial charge on any atom is -0.411 e. The summed E-state index contributed by atoms with van der Waals surface area (Å²) in [6.07, 6.45) is 0. The van der Waals surface area contributed by atoms with E-state index in [0.29, 0.717) is 11.5 Å². The zero-order chi connectivity index (χ0) is 18.4. The maximum atomic E-state index is 12.0. The Morgan fingerprint density at radius 3 is 2.62 bits per heavy atom. The number of nitro groups is 1. The smallest absolute Gasteiger partial charge is 0.277 e. The number of nitrogens with zero attached hydrogens (tertiary/aromatic N) is 3. The largest absolute Gasteiger partial charge is 0.411 e. The van der Waals surface area contributed by atoms with E-state index in [0.717, 1.165) is 17.3 Å². The van der Waals surface area contributed by atoms with Gasteiger partial charge in [-0.15, -0.1) is 10.2 Å². The van der Waals surface area contributed by atoms with Crippen LogP contribution in [0.4, 0.5) is 5.69 Å². The zero-order valence-corrected chi connectivity index (χ0v) is 14.3. The van der Waals surface area contributed by atoms with Gasteiger partial charge in [0.1, 0.15) is 0 Å². The van der Waals surface area contributed by atoms with Gasteiger partial charge in [-0.25, -0.2) is 0 Å². The number of para-hydroxylation sites is 1. The standard InChI is InChI=1S/C17H14N4O4S/c22-15(18-10-13-8-4-5-9-14(13)21(23)24)11-26-17-20-19-16(25-17)12-6-2-1-3-7-12/h1-9H,10-11H2,(H,18,22). The van der Waals surface area contributed by atoms with Crippen LogP contribution in [0.25, 0.3) is 11.5 Å². The highest BCUT2D eigenvalue weighted by atomic mass is 32.2. The van der Waals surface area contributed by atoms with Crippen LogP contribution in [0.3, 0.4) is 0 Å². The highest BCUT2D eigenvalue weighted by molar-refractivity contribution is 7.99. The summed E-state index contributed by atoms with van der Waals surface area (Å²) in [5.41, 5.74) is 1.22. The molecule has 0 fully saturated rings. The van der Waals surface area contributed by atoms with Crippen LogP contribution in [0.1, 0.15) is 5.56 Å². The summed E-state index contributed by atoms with van der Waals surface area (Å²) in [4.78, 5) is 22.4. The Kier molecular flexibility index (Phi) is 5.59. The molecular formula is C17H14N4O4S. The Morgan fingerprint density at radius 1 is 1.12 bits per heavy atom. The summed E-state index contributed by atoms with van der Waals surface area (Å²) in [6, 6.07) is 15.6. The van der Waals surface area contributed by atoms with Crippen LogP contribution >= 0.6 is 11.8 Å². The summed E-state index contributed by atoms with van der Waals surface area (Å²) in [5, 5.41) is 21.7. The van der Waals surface area contributed by atoms with E-state index in [1.165, 1.54) is 6.07 Å². The Balaban J connectivity index is 1.52. The van der Waals surface area contributed by atoms with E-state index < -0.39 is 4.92 Å². The molecule has 1 aromatic heterocycles. The van der Waals surface area contributed by atoms with Gasteiger partial charge in [0.2, 0.25) is 11.8 Å². The molecule has 0 aliphatic rings. The lowest BCUT2D eigenvalue weighted by Crippen LogP contribution is -2.24. The molecule has 0 bridgehead atoms. The van der Waals surface area contributed by atoms with E-state index in [2.05, 4.69) is 15.5 Å². The van der Waals surface area contributed by atoms with Crippen molar-refractivity contribution in [2.75, 3.05) is 5.75 Å². The SMILES string of the molecule is O=C(CSc1nnc(-c2ccccc2)o1)NCc1ccccc1[N+](=O)[O-]. The molecule has 3 rings (SSSR count). The minimum atomic E-state index is -0.472. The summed E-state index contributed by atoms with van der Waals surface area (Å²) >= 11 is 1.10. The average molecular weight is 370 g/mol. The highest BCUT2D eigenvalue weighted by Gasteiger charge is 2.14. The van der Waals surface area contributed by atoms with E-state index in [-0.39, 0.29) is 29.1 Å². The van der Waals surface area contributed by atoms with E-state index in [1.807, 2.05) is 30.3 Å². The molecule has 0 radical (unpaired) electrons. The van der Waals surface area contributed by atoms with Crippen molar-refractivity contribution in [3.05, 3.63) is 70.3 Å². The van der Waals surface area contributed by atoms with Crippen LogP contribution in [0, 0.1) is 10.1 Å². The van der Waals surface area contributed by atoms with Crippen LogP contribution in [-0.4, -0.2) is 26.8 Å². The first-order valence-corrected chi connectivity index (χ1v) is 8.63. The maximum Gasteiger partial charge on any atom is 0.277 e. The van der Waals surface area contributed by atoms with Crippen molar-refractivity contribution in [1.82, 2.24) is 15.5 Å². The van der Waals surface area contributed by atoms with E-state index in [9.17, 15) is 14.9 Å². The predicted octanol–water partition coefficient (Wildman–Crippen LogP) is 3.05. The second-order valence-electron chi connectivity index (χ2n) is 5.19. The van der Waals surface area contributed by atoms with Gasteiger partial charge in [0, 0.05) is 23.7 Å². The summed E-state index contributed by atoms with van der Waals surface area (Å²) in [7, 11) is 0. The normalized spacial score (nSPS) is 10.5. The quantitative estimate of drug-likeness (QED) is 0.386. The highest BCUT2D eigenvalue weighted by Crippen LogP contribution is 2.23. The van der Waals surface area contributed by atoms with Gasteiger partial charge >= 0.3 is 0 Å². The van der Waals surface area contributed by atoms with E-state index >= 15 is 0 Å². The van der Waals surface area contributed by atoms with E-state index in [1.54, 1.807) is 18.2 Å². The fraction of sp³-hybridized carbons (Fsp3) is 0.118. The van der Waals surface area contributed by atoms with Gasteiger partial charge < -0.3 is 9.73 Å². The molecule has 0 saturated carbocycles. The Morgan fingerprint density at radius 2 is 1.85 bits per heavy atom. The maximum absolute atomic E-state index is 12.0. The minimum absolute atomic E-state index is 0.0233. The second kappa shape index (κ2) is 8.26. The lowest BCUT2D eigenvalue weighted by atomic mass is 10.2. The fourth-order valence-corrected chi connectivity index (χ4v) is 2.77. The Hall–Kier alpha value is -3.20. The van der Waals surface area contributed by atoms with Gasteiger partial charge in [-0.1, -0.05) is 48.2 Å². The number of nitro benzene ring substituents is 1. The van der Waals surface area contributed by atoms with Crippen molar-refractivity contribution in [1.29, 1.82) is 0 Å². The third-order valence-corrected chi connectivity index (χ3v) is 4.24. The van der Waals surface area contributed by atoms with E-state index in [4.69, 9.17) is 4.42 Å². The molecule has 132 valence electrons. The lowest BCUT2D eigenvalue weighted by Gasteiger charge is -2.05. The molecule has 0 aliphatic heterocycles. The van der Waals surface area contributed by atoms with Crippen LogP contribution in [0.2, 0.25) is 0 Å². The van der Waals surface area contributed by atoms with Crippen molar-refractivity contribution in [2.24, 2.45) is 0 Å². The van der Waals surface area contributed by atoms with Crippen molar-refractivity contribution in [3.8, 4) is 11.5 Å². The molecule has 1 heterocycles. The summed E-state index contributed by atoms with van der Waals surface area (Å²) in [6.45, 7) is 0.0790. The van der Waals surface area contributed by atoms with Crippen molar-refractivity contribution < 1.29 is 14.1 Å². The number of hydrogen-bond donors (Lipinski definition) is 1. The van der Waals surface area contributed by atoms with Crippen LogP contribution < -0.4 is 5.32 Å². The number of aromatic nitrogens is 2. The van der Waals surface area contributed by atoms with Gasteiger partial charge in [-0.05, 0) is 12.1 Å². The number of benzene rings is 2. The lowest BCUT2D eigenvalue weighted by molar-refractivity contribution is -0.385. The van der Waals surface area contributed by atoms with Gasteiger partial charge in [0.05, 0.1) is 10.7 Å². The molecule has 9 heteroatoms. The monoisotopic (exact) mass is 370 g/mol. The molecule has 1 amide bonds. The first kappa shape index (κ1) is 17.6. The third-order valence-electron chi connectivity index (χ3n) is 3.42. The molecule has 26 heavy (non-hydrogen) atoms. The van der Waals surface area contributed by atoms with Gasteiger partial charge in [-0.2, -0.15) is 0 Å². The third kappa shape index (κ3) is 4.45. The van der Waals surface area contributed by atoms with Gasteiger partial charge in [-0.3, -0.25) is 14.9 Å². The number of hydrogen-bond acceptors (Lipinski definition) is 7. The van der Waals surface area contributed by atoms with Gasteiger partial charge in [0.15, 0.2) is 0 Å². The Labute approximate surface area is 152 Å². The molecule has 0 saturated heterocycles. The number of carbonyl (C=O) groups excluding carboxylic acids is 1. The second-order valence-corrected chi connectivity index (χ2v) is 6.12. The predicted molar refractivity (Wildman–Crippen MR) is 95.4 cm³/mol.